The predicted molar refractivity (Wildman–Crippen MR) is 62.0 cm³/mol. The zero-order valence-corrected chi connectivity index (χ0v) is 10.0. The molecule has 0 amide bonds. The molecule has 0 aromatic heterocycles. The van der Waals surface area contributed by atoms with Crippen LogP contribution in [-0.4, -0.2) is 51.3 Å². The lowest BCUT2D eigenvalue weighted by Gasteiger charge is -2.20. The van der Waals surface area contributed by atoms with Gasteiger partial charge in [0.15, 0.2) is 0 Å². The maximum absolute atomic E-state index is 5.27. The summed E-state index contributed by atoms with van der Waals surface area (Å²) in [5, 5.41) is 3.69. The van der Waals surface area contributed by atoms with Crippen molar-refractivity contribution in [3.8, 4) is 0 Å². The second-order valence-corrected chi connectivity index (χ2v) is 5.22. The molecule has 1 N–H and O–H groups in total. The fourth-order valence-electron chi connectivity index (χ4n) is 2.55. The van der Waals surface area contributed by atoms with Gasteiger partial charge in [0.2, 0.25) is 0 Å². The van der Waals surface area contributed by atoms with Crippen LogP contribution in [0, 0.1) is 11.8 Å². The van der Waals surface area contributed by atoms with Gasteiger partial charge in [0.25, 0.3) is 0 Å². The summed E-state index contributed by atoms with van der Waals surface area (Å²) in [6.45, 7) is 4.59. The molecule has 1 saturated heterocycles. The third-order valence-electron chi connectivity index (χ3n) is 3.69. The number of rotatable bonds is 6. The van der Waals surface area contributed by atoms with Crippen LogP contribution in [0.1, 0.15) is 19.3 Å². The summed E-state index contributed by atoms with van der Waals surface area (Å²) in [6, 6.07) is 0.612. The zero-order chi connectivity index (χ0) is 10.7. The largest absolute Gasteiger partial charge is 0.383 e. The lowest BCUT2D eigenvalue weighted by atomic mass is 10.1. The summed E-state index contributed by atoms with van der Waals surface area (Å²) < 4.78 is 5.27. The molecule has 1 saturated carbocycles. The molecule has 2 aliphatic rings. The number of likely N-dealkylation sites (tertiary alicyclic amines) is 1. The highest BCUT2D eigenvalue weighted by Crippen LogP contribution is 2.32. The van der Waals surface area contributed by atoms with Gasteiger partial charge in [-0.1, -0.05) is 0 Å². The van der Waals surface area contributed by atoms with Gasteiger partial charge in [-0.05, 0) is 51.2 Å². The lowest BCUT2D eigenvalue weighted by Crippen LogP contribution is -2.38. The normalized spacial score (nSPS) is 29.6. The first kappa shape index (κ1) is 11.4. The van der Waals surface area contributed by atoms with Gasteiger partial charge in [0.1, 0.15) is 0 Å². The van der Waals surface area contributed by atoms with Gasteiger partial charge >= 0.3 is 0 Å². The van der Waals surface area contributed by atoms with Crippen LogP contribution in [0.3, 0.4) is 0 Å². The monoisotopic (exact) mass is 212 g/mol. The molecule has 0 bridgehead atoms. The van der Waals surface area contributed by atoms with Crippen molar-refractivity contribution < 1.29 is 4.74 Å². The average Bonchev–Trinajstić information content (AvgIpc) is 2.97. The molecule has 2 rings (SSSR count). The van der Waals surface area contributed by atoms with Crippen molar-refractivity contribution in [2.75, 3.05) is 40.4 Å². The fourth-order valence-corrected chi connectivity index (χ4v) is 2.55. The Labute approximate surface area is 93.2 Å². The Bertz CT molecular complexity index is 194. The van der Waals surface area contributed by atoms with Crippen molar-refractivity contribution in [1.82, 2.24) is 10.2 Å². The maximum Gasteiger partial charge on any atom is 0.0618 e. The van der Waals surface area contributed by atoms with E-state index in [1.165, 1.54) is 38.9 Å². The second-order valence-electron chi connectivity index (χ2n) is 5.22. The van der Waals surface area contributed by atoms with Crippen LogP contribution < -0.4 is 5.32 Å². The molecule has 15 heavy (non-hydrogen) atoms. The van der Waals surface area contributed by atoms with E-state index in [2.05, 4.69) is 17.3 Å². The highest BCUT2D eigenvalue weighted by molar-refractivity contribution is 4.87. The predicted octanol–water partition coefficient (Wildman–Crippen LogP) is 0.953. The quantitative estimate of drug-likeness (QED) is 0.709. The molecule has 1 heterocycles. The third-order valence-corrected chi connectivity index (χ3v) is 3.69. The molecule has 2 unspecified atom stereocenters. The molecular formula is C12H24N2O. The Morgan fingerprint density at radius 1 is 1.40 bits per heavy atom. The average molecular weight is 212 g/mol. The number of hydrogen-bond acceptors (Lipinski definition) is 3. The molecule has 0 radical (unpaired) electrons. The number of nitrogens with one attached hydrogen (secondary N) is 1. The van der Waals surface area contributed by atoms with E-state index in [1.54, 1.807) is 7.11 Å². The van der Waals surface area contributed by atoms with E-state index < -0.39 is 0 Å². The van der Waals surface area contributed by atoms with Gasteiger partial charge in [0.05, 0.1) is 6.61 Å². The molecule has 3 heteroatoms. The van der Waals surface area contributed by atoms with Crippen molar-refractivity contribution in [1.29, 1.82) is 0 Å². The zero-order valence-electron chi connectivity index (χ0n) is 10.0. The van der Waals surface area contributed by atoms with Gasteiger partial charge in [-0.25, -0.2) is 0 Å². The lowest BCUT2D eigenvalue weighted by molar-refractivity contribution is 0.155. The summed E-state index contributed by atoms with van der Waals surface area (Å²) in [4.78, 5) is 2.43. The highest BCUT2D eigenvalue weighted by Gasteiger charge is 2.31. The van der Waals surface area contributed by atoms with E-state index >= 15 is 0 Å². The number of ether oxygens (including phenoxy) is 1. The Balaban J connectivity index is 1.66. The molecule has 0 spiro atoms. The summed E-state index contributed by atoms with van der Waals surface area (Å²) in [7, 11) is 4.02. The second kappa shape index (κ2) is 5.28. The third kappa shape index (κ3) is 3.44. The Kier molecular flexibility index (Phi) is 4.00. The van der Waals surface area contributed by atoms with Crippen LogP contribution in [-0.2, 0) is 4.74 Å². The minimum absolute atomic E-state index is 0.612. The molecule has 2 atom stereocenters. The molecule has 2 fully saturated rings. The highest BCUT2D eigenvalue weighted by atomic mass is 16.5. The molecule has 88 valence electrons. The van der Waals surface area contributed by atoms with Crippen molar-refractivity contribution in [2.45, 2.75) is 25.3 Å². The van der Waals surface area contributed by atoms with Gasteiger partial charge in [-0.15, -0.1) is 0 Å². The fraction of sp³-hybridized carbons (Fsp3) is 1.00. The first-order chi connectivity index (χ1) is 7.29. The maximum atomic E-state index is 5.27. The topological polar surface area (TPSA) is 24.5 Å². The van der Waals surface area contributed by atoms with E-state index in [0.29, 0.717) is 6.04 Å². The first-order valence-corrected chi connectivity index (χ1v) is 6.20. The van der Waals surface area contributed by atoms with Crippen LogP contribution >= 0.6 is 0 Å². The first-order valence-electron chi connectivity index (χ1n) is 6.20. The van der Waals surface area contributed by atoms with Gasteiger partial charge in [-0.3, -0.25) is 0 Å². The van der Waals surface area contributed by atoms with Crippen molar-refractivity contribution in [3.05, 3.63) is 0 Å². The summed E-state index contributed by atoms with van der Waals surface area (Å²) in [6.07, 6.45) is 4.14. The van der Waals surface area contributed by atoms with Gasteiger partial charge in [0, 0.05) is 19.7 Å². The Hall–Kier alpha value is -0.120. The number of nitrogens with zero attached hydrogens (tertiary/aromatic N) is 1. The molecule has 3 nitrogen and oxygen atoms in total. The minimum atomic E-state index is 0.612. The van der Waals surface area contributed by atoms with Crippen LogP contribution in [0.5, 0.6) is 0 Å². The Morgan fingerprint density at radius 2 is 2.20 bits per heavy atom. The van der Waals surface area contributed by atoms with Crippen molar-refractivity contribution in [3.63, 3.8) is 0 Å². The van der Waals surface area contributed by atoms with Crippen LogP contribution in [0.15, 0.2) is 0 Å². The van der Waals surface area contributed by atoms with E-state index in [9.17, 15) is 0 Å². The van der Waals surface area contributed by atoms with Crippen molar-refractivity contribution in [2.24, 2.45) is 11.8 Å². The minimum Gasteiger partial charge on any atom is -0.383 e. The van der Waals surface area contributed by atoms with E-state index in [1.807, 2.05) is 0 Å². The van der Waals surface area contributed by atoms with Crippen LogP contribution in [0.4, 0.5) is 0 Å². The number of hydrogen-bond donors (Lipinski definition) is 1. The van der Waals surface area contributed by atoms with Crippen molar-refractivity contribution >= 4 is 0 Å². The molecular weight excluding hydrogens is 188 g/mol. The van der Waals surface area contributed by atoms with E-state index in [0.717, 1.165) is 18.4 Å². The van der Waals surface area contributed by atoms with E-state index in [4.69, 9.17) is 4.74 Å². The smallest absolute Gasteiger partial charge is 0.0618 e. The summed E-state index contributed by atoms with van der Waals surface area (Å²) in [5.41, 5.74) is 0. The molecule has 0 aromatic carbocycles. The SMILES string of the molecule is COCC(NCC1CCN(C)C1)C1CC1. The van der Waals surface area contributed by atoms with Crippen LogP contribution in [0.25, 0.3) is 0 Å². The summed E-state index contributed by atoms with van der Waals surface area (Å²) >= 11 is 0. The number of methoxy groups -OCH3 is 1. The van der Waals surface area contributed by atoms with Gasteiger partial charge in [-0.2, -0.15) is 0 Å². The van der Waals surface area contributed by atoms with E-state index in [-0.39, 0.29) is 0 Å². The van der Waals surface area contributed by atoms with Gasteiger partial charge < -0.3 is 15.0 Å². The van der Waals surface area contributed by atoms with Crippen LogP contribution in [0.2, 0.25) is 0 Å². The standard InChI is InChI=1S/C12H24N2O/c1-14-6-5-10(8-14)7-13-12(9-15-2)11-3-4-11/h10-13H,3-9H2,1-2H3. The molecule has 1 aliphatic heterocycles. The molecule has 1 aliphatic carbocycles. The molecule has 0 aromatic rings. The summed E-state index contributed by atoms with van der Waals surface area (Å²) in [5.74, 6) is 1.75. The Morgan fingerprint density at radius 3 is 2.73 bits per heavy atom.